The summed E-state index contributed by atoms with van der Waals surface area (Å²) in [5.41, 5.74) is 0. The maximum absolute atomic E-state index is 11.0. The number of imide groups is 1. The molecule has 0 N–H and O–H groups in total. The second-order valence-electron chi connectivity index (χ2n) is 1.98. The maximum atomic E-state index is 11.0. The van der Waals surface area contributed by atoms with Crippen LogP contribution in [0, 0.1) is 0 Å². The lowest BCUT2D eigenvalue weighted by Crippen LogP contribution is -2.32. The Morgan fingerprint density at radius 3 is 2.45 bits per heavy atom. The highest BCUT2D eigenvalue weighted by atomic mass is 35.5. The Kier molecular flexibility index (Phi) is 2.52. The van der Waals surface area contributed by atoms with Gasteiger partial charge < -0.3 is 0 Å². The lowest BCUT2D eigenvalue weighted by molar-refractivity contribution is -0.136. The summed E-state index contributed by atoms with van der Waals surface area (Å²) in [6.07, 6.45) is 1.09. The minimum Gasteiger partial charge on any atom is -0.273 e. The fourth-order valence-electron chi connectivity index (χ4n) is 0.773. The molecule has 0 aliphatic carbocycles. The summed E-state index contributed by atoms with van der Waals surface area (Å²) in [4.78, 5) is 22.8. The second kappa shape index (κ2) is 3.24. The highest BCUT2D eigenvalue weighted by Crippen LogP contribution is 2.15. The molecule has 0 aromatic carbocycles. The Hall–Kier alpha value is -0.540. The summed E-state index contributed by atoms with van der Waals surface area (Å²) >= 11 is 10.7. The topological polar surface area (TPSA) is 37.4 Å². The molecule has 1 aliphatic rings. The Balaban J connectivity index is 2.73. The molecular formula is C6H5Cl2NO2. The van der Waals surface area contributed by atoms with Crippen molar-refractivity contribution >= 4 is 35.0 Å². The number of hydrogen-bond donors (Lipinski definition) is 0. The van der Waals surface area contributed by atoms with Crippen molar-refractivity contribution in [2.45, 2.75) is 0 Å². The number of amides is 2. The summed E-state index contributed by atoms with van der Waals surface area (Å²) in [5, 5.41) is -0.0416. The third-order valence-electron chi connectivity index (χ3n) is 1.27. The van der Waals surface area contributed by atoms with Gasteiger partial charge in [-0.25, -0.2) is 0 Å². The number of hydrogen-bond acceptors (Lipinski definition) is 2. The van der Waals surface area contributed by atoms with Crippen LogP contribution >= 0.6 is 23.2 Å². The highest BCUT2D eigenvalue weighted by Gasteiger charge is 2.28. The molecule has 2 amide bonds. The molecule has 1 rings (SSSR count). The molecule has 0 unspecified atom stereocenters. The third kappa shape index (κ3) is 1.54. The highest BCUT2D eigenvalue weighted by molar-refractivity contribution is 6.46. The summed E-state index contributed by atoms with van der Waals surface area (Å²) in [6.45, 7) is 0.214. The van der Waals surface area contributed by atoms with Crippen molar-refractivity contribution in [1.29, 1.82) is 0 Å². The monoisotopic (exact) mass is 193 g/mol. The predicted octanol–water partition coefficient (Wildman–Crippen LogP) is 0.717. The summed E-state index contributed by atoms with van der Waals surface area (Å²) in [6, 6.07) is 0. The van der Waals surface area contributed by atoms with E-state index < -0.39 is 5.91 Å². The van der Waals surface area contributed by atoms with E-state index in [2.05, 4.69) is 0 Å². The first-order valence-electron chi connectivity index (χ1n) is 2.96. The van der Waals surface area contributed by atoms with Gasteiger partial charge in [-0.15, -0.1) is 11.6 Å². The summed E-state index contributed by atoms with van der Waals surface area (Å²) in [7, 11) is 0. The van der Waals surface area contributed by atoms with Crippen molar-refractivity contribution in [3.63, 3.8) is 0 Å². The van der Waals surface area contributed by atoms with E-state index in [1.54, 1.807) is 0 Å². The quantitative estimate of drug-likeness (QED) is 0.479. The Morgan fingerprint density at radius 2 is 2.09 bits per heavy atom. The van der Waals surface area contributed by atoms with Crippen molar-refractivity contribution in [2.75, 3.05) is 12.4 Å². The largest absolute Gasteiger partial charge is 0.273 e. The lowest BCUT2D eigenvalue weighted by Gasteiger charge is -2.10. The van der Waals surface area contributed by atoms with Crippen LogP contribution in [0.15, 0.2) is 11.1 Å². The van der Waals surface area contributed by atoms with E-state index in [0.29, 0.717) is 0 Å². The molecule has 0 bridgehead atoms. The van der Waals surface area contributed by atoms with Gasteiger partial charge in [0.2, 0.25) is 0 Å². The normalized spacial score (nSPS) is 17.6. The average molecular weight is 194 g/mol. The van der Waals surface area contributed by atoms with Crippen molar-refractivity contribution < 1.29 is 9.59 Å². The van der Waals surface area contributed by atoms with Gasteiger partial charge in [-0.05, 0) is 0 Å². The SMILES string of the molecule is O=C1C=C(Cl)C(=O)N1CCCl. The van der Waals surface area contributed by atoms with Gasteiger partial charge >= 0.3 is 0 Å². The molecule has 0 aromatic rings. The average Bonchev–Trinajstić information content (AvgIpc) is 2.17. The lowest BCUT2D eigenvalue weighted by atomic mass is 10.5. The first-order valence-corrected chi connectivity index (χ1v) is 3.87. The molecule has 0 spiro atoms. The second-order valence-corrected chi connectivity index (χ2v) is 2.76. The van der Waals surface area contributed by atoms with Crippen LogP contribution in [-0.4, -0.2) is 29.1 Å². The molecular weight excluding hydrogens is 189 g/mol. The van der Waals surface area contributed by atoms with Crippen LogP contribution < -0.4 is 0 Å². The Bertz CT molecular complexity index is 237. The van der Waals surface area contributed by atoms with E-state index in [0.717, 1.165) is 11.0 Å². The zero-order valence-corrected chi connectivity index (χ0v) is 7.02. The molecule has 3 nitrogen and oxygen atoms in total. The van der Waals surface area contributed by atoms with E-state index in [-0.39, 0.29) is 23.4 Å². The minimum atomic E-state index is -0.461. The molecule has 60 valence electrons. The van der Waals surface area contributed by atoms with E-state index in [4.69, 9.17) is 23.2 Å². The molecule has 5 heteroatoms. The molecule has 0 aromatic heterocycles. The third-order valence-corrected chi connectivity index (χ3v) is 1.71. The Morgan fingerprint density at radius 1 is 1.45 bits per heavy atom. The summed E-state index contributed by atoms with van der Waals surface area (Å²) < 4.78 is 0. The number of halogens is 2. The van der Waals surface area contributed by atoms with Gasteiger partial charge in [-0.2, -0.15) is 0 Å². The zero-order valence-electron chi connectivity index (χ0n) is 5.51. The minimum absolute atomic E-state index is 0.0416. The number of carbonyl (C=O) groups is 2. The van der Waals surface area contributed by atoms with Crippen LogP contribution in [0.3, 0.4) is 0 Å². The Labute approximate surface area is 73.6 Å². The van der Waals surface area contributed by atoms with Crippen molar-refractivity contribution in [3.05, 3.63) is 11.1 Å². The van der Waals surface area contributed by atoms with E-state index >= 15 is 0 Å². The van der Waals surface area contributed by atoms with Gasteiger partial charge in [0, 0.05) is 18.5 Å². The molecule has 0 saturated heterocycles. The van der Waals surface area contributed by atoms with E-state index in [9.17, 15) is 9.59 Å². The standard InChI is InChI=1S/C6H5Cl2NO2/c7-1-2-9-5(10)3-4(8)6(9)11/h3H,1-2H2. The van der Waals surface area contributed by atoms with Gasteiger partial charge in [0.05, 0.1) is 0 Å². The molecule has 0 radical (unpaired) electrons. The van der Waals surface area contributed by atoms with E-state index in [1.165, 1.54) is 0 Å². The fourth-order valence-corrected chi connectivity index (χ4v) is 1.14. The van der Waals surface area contributed by atoms with Crippen LogP contribution in [0.1, 0.15) is 0 Å². The summed E-state index contributed by atoms with van der Waals surface area (Å²) in [5.74, 6) is -0.617. The number of alkyl halides is 1. The number of carbonyl (C=O) groups excluding carboxylic acids is 2. The van der Waals surface area contributed by atoms with Gasteiger partial charge in [-0.3, -0.25) is 14.5 Å². The first kappa shape index (κ1) is 8.56. The molecule has 1 heterocycles. The van der Waals surface area contributed by atoms with Crippen molar-refractivity contribution in [2.24, 2.45) is 0 Å². The predicted molar refractivity (Wildman–Crippen MR) is 41.4 cm³/mol. The maximum Gasteiger partial charge on any atom is 0.272 e. The zero-order chi connectivity index (χ0) is 8.43. The molecule has 0 atom stereocenters. The van der Waals surface area contributed by atoms with Crippen LogP contribution in [0.4, 0.5) is 0 Å². The van der Waals surface area contributed by atoms with Crippen LogP contribution in [0.2, 0.25) is 0 Å². The molecule has 11 heavy (non-hydrogen) atoms. The van der Waals surface area contributed by atoms with Crippen LogP contribution in [0.5, 0.6) is 0 Å². The molecule has 1 aliphatic heterocycles. The smallest absolute Gasteiger partial charge is 0.272 e. The van der Waals surface area contributed by atoms with Gasteiger partial charge in [0.15, 0.2) is 0 Å². The van der Waals surface area contributed by atoms with Gasteiger partial charge in [0.1, 0.15) is 5.03 Å². The first-order chi connectivity index (χ1) is 5.16. The molecule has 0 fully saturated rings. The van der Waals surface area contributed by atoms with Gasteiger partial charge in [-0.1, -0.05) is 11.6 Å². The van der Waals surface area contributed by atoms with Crippen molar-refractivity contribution in [3.8, 4) is 0 Å². The molecule has 0 saturated carbocycles. The van der Waals surface area contributed by atoms with Crippen molar-refractivity contribution in [1.82, 2.24) is 4.90 Å². The van der Waals surface area contributed by atoms with Gasteiger partial charge in [0.25, 0.3) is 11.8 Å². The number of nitrogens with zero attached hydrogens (tertiary/aromatic N) is 1. The van der Waals surface area contributed by atoms with E-state index in [1.807, 2.05) is 0 Å². The van der Waals surface area contributed by atoms with Crippen LogP contribution in [0.25, 0.3) is 0 Å². The number of rotatable bonds is 2. The van der Waals surface area contributed by atoms with Crippen LogP contribution in [-0.2, 0) is 9.59 Å². The fraction of sp³-hybridized carbons (Fsp3) is 0.333.